The molecule has 2 heterocycles. The molecule has 2 aromatic rings. The van der Waals surface area contributed by atoms with E-state index < -0.39 is 40.6 Å². The minimum atomic E-state index is -5.08. The Bertz CT molecular complexity index is 1140. The van der Waals surface area contributed by atoms with Crippen molar-refractivity contribution >= 4 is 11.5 Å². The van der Waals surface area contributed by atoms with Gasteiger partial charge in [0.1, 0.15) is 0 Å². The number of carbonyl (C=O) groups is 1. The highest BCUT2D eigenvalue weighted by atomic mass is 19.4. The van der Waals surface area contributed by atoms with E-state index in [1.807, 2.05) is 0 Å². The molecule has 1 amide bonds. The van der Waals surface area contributed by atoms with E-state index in [4.69, 9.17) is 0 Å². The van der Waals surface area contributed by atoms with Gasteiger partial charge < -0.3 is 10.3 Å². The van der Waals surface area contributed by atoms with Gasteiger partial charge in [-0.15, -0.1) is 0 Å². The molecule has 0 radical (unpaired) electrons. The minimum Gasteiger partial charge on any atom is -0.350 e. The van der Waals surface area contributed by atoms with E-state index in [0.717, 1.165) is 18.9 Å². The summed E-state index contributed by atoms with van der Waals surface area (Å²) in [6.45, 7) is 0. The molecule has 1 aromatic carbocycles. The van der Waals surface area contributed by atoms with Gasteiger partial charge in [-0.25, -0.2) is 0 Å². The number of carbonyl (C=O) groups excluding carboxylic acids is 1. The average Bonchev–Trinajstić information content (AvgIpc) is 3.45. The number of halogens is 6. The van der Waals surface area contributed by atoms with Gasteiger partial charge in [0.2, 0.25) is 5.91 Å². The van der Waals surface area contributed by atoms with Crippen LogP contribution in [-0.2, 0) is 17.1 Å². The van der Waals surface area contributed by atoms with E-state index in [0.29, 0.717) is 18.1 Å². The maximum absolute atomic E-state index is 13.8. The van der Waals surface area contributed by atoms with Crippen molar-refractivity contribution in [2.24, 2.45) is 0 Å². The third-order valence-corrected chi connectivity index (χ3v) is 5.59. The van der Waals surface area contributed by atoms with Gasteiger partial charge in [0.25, 0.3) is 5.56 Å². The summed E-state index contributed by atoms with van der Waals surface area (Å²) in [5.41, 5.74) is -3.42. The van der Waals surface area contributed by atoms with Crippen molar-refractivity contribution in [2.75, 3.05) is 0 Å². The summed E-state index contributed by atoms with van der Waals surface area (Å²) in [6, 6.07) is 3.75. The van der Waals surface area contributed by atoms with Gasteiger partial charge in [0.15, 0.2) is 0 Å². The first kappa shape index (κ1) is 22.2. The summed E-state index contributed by atoms with van der Waals surface area (Å²) in [4.78, 5) is 26.6. The SMILES string of the molecule is O=C1CC[C@H](/C=C(\c2ccc(C3CC3)c(=O)[nH]2)c2ccc(C(F)(F)F)cc2C(F)(F)F)N1. The number of hydrogen-bond donors (Lipinski definition) is 2. The van der Waals surface area contributed by atoms with Gasteiger partial charge in [0, 0.05) is 29.3 Å². The van der Waals surface area contributed by atoms with E-state index >= 15 is 0 Å². The van der Waals surface area contributed by atoms with Gasteiger partial charge in [0.05, 0.1) is 11.1 Å². The Labute approximate surface area is 178 Å². The summed E-state index contributed by atoms with van der Waals surface area (Å²) >= 11 is 0. The highest BCUT2D eigenvalue weighted by molar-refractivity contribution is 5.83. The van der Waals surface area contributed by atoms with Crippen molar-refractivity contribution in [3.05, 3.63) is 74.7 Å². The third kappa shape index (κ3) is 4.58. The Morgan fingerprint density at radius 3 is 2.19 bits per heavy atom. The summed E-state index contributed by atoms with van der Waals surface area (Å²) in [5, 5.41) is 2.60. The van der Waals surface area contributed by atoms with E-state index in [1.165, 1.54) is 18.2 Å². The third-order valence-electron chi connectivity index (χ3n) is 5.59. The maximum atomic E-state index is 13.8. The second-order valence-corrected chi connectivity index (χ2v) is 7.98. The van der Waals surface area contributed by atoms with E-state index in [1.54, 1.807) is 0 Å². The Morgan fingerprint density at radius 1 is 0.938 bits per heavy atom. The smallest absolute Gasteiger partial charge is 0.350 e. The zero-order valence-corrected chi connectivity index (χ0v) is 16.5. The van der Waals surface area contributed by atoms with E-state index in [-0.39, 0.29) is 35.6 Å². The normalized spacial score (nSPS) is 19.9. The number of aromatic nitrogens is 1. The van der Waals surface area contributed by atoms with Gasteiger partial charge in [-0.05, 0) is 48.9 Å². The van der Waals surface area contributed by atoms with Crippen LogP contribution >= 0.6 is 0 Å². The summed E-state index contributed by atoms with van der Waals surface area (Å²) in [6.07, 6.45) is -6.51. The molecule has 4 nitrogen and oxygen atoms in total. The number of H-pyrrole nitrogens is 1. The van der Waals surface area contributed by atoms with Crippen LogP contribution in [0.15, 0.2) is 41.2 Å². The van der Waals surface area contributed by atoms with E-state index in [9.17, 15) is 35.9 Å². The number of hydrogen-bond acceptors (Lipinski definition) is 2. The average molecular weight is 456 g/mol. The Balaban J connectivity index is 1.89. The van der Waals surface area contributed by atoms with Crippen molar-refractivity contribution in [3.63, 3.8) is 0 Å². The first-order chi connectivity index (χ1) is 14.9. The number of nitrogens with one attached hydrogen (secondary N) is 2. The molecule has 0 unspecified atom stereocenters. The van der Waals surface area contributed by atoms with Gasteiger partial charge >= 0.3 is 12.4 Å². The molecule has 1 aromatic heterocycles. The fourth-order valence-corrected chi connectivity index (χ4v) is 3.84. The zero-order chi connectivity index (χ0) is 23.3. The lowest BCUT2D eigenvalue weighted by Crippen LogP contribution is -2.24. The molecule has 1 saturated carbocycles. The minimum absolute atomic E-state index is 0.0332. The summed E-state index contributed by atoms with van der Waals surface area (Å²) < 4.78 is 80.6. The van der Waals surface area contributed by atoms with Crippen LogP contribution in [0.1, 0.15) is 59.5 Å². The molecule has 1 atom stereocenters. The molecule has 1 aliphatic heterocycles. The summed E-state index contributed by atoms with van der Waals surface area (Å²) in [7, 11) is 0. The van der Waals surface area contributed by atoms with E-state index in [2.05, 4.69) is 10.3 Å². The fraction of sp³-hybridized carbons (Fsp3) is 0.364. The Kier molecular flexibility index (Phi) is 5.42. The van der Waals surface area contributed by atoms with Crippen molar-refractivity contribution in [1.82, 2.24) is 10.3 Å². The topological polar surface area (TPSA) is 62.0 Å². The largest absolute Gasteiger partial charge is 0.417 e. The molecule has 32 heavy (non-hydrogen) atoms. The lowest BCUT2D eigenvalue weighted by Gasteiger charge is -2.19. The van der Waals surface area contributed by atoms with Crippen molar-refractivity contribution in [3.8, 4) is 0 Å². The zero-order valence-electron chi connectivity index (χ0n) is 16.5. The molecule has 2 fully saturated rings. The Morgan fingerprint density at radius 2 is 1.66 bits per heavy atom. The first-order valence-corrected chi connectivity index (χ1v) is 9.97. The second-order valence-electron chi connectivity index (χ2n) is 7.98. The van der Waals surface area contributed by atoms with Crippen LogP contribution < -0.4 is 10.9 Å². The fourth-order valence-electron chi connectivity index (χ4n) is 3.84. The lowest BCUT2D eigenvalue weighted by atomic mass is 9.92. The van der Waals surface area contributed by atoms with Crippen LogP contribution in [0, 0.1) is 0 Å². The number of alkyl halides is 6. The van der Waals surface area contributed by atoms with Crippen molar-refractivity contribution in [2.45, 2.75) is 50.0 Å². The molecule has 10 heteroatoms. The van der Waals surface area contributed by atoms with Crippen LogP contribution in [0.2, 0.25) is 0 Å². The monoisotopic (exact) mass is 456 g/mol. The highest BCUT2D eigenvalue weighted by Crippen LogP contribution is 2.41. The van der Waals surface area contributed by atoms with Crippen molar-refractivity contribution in [1.29, 1.82) is 0 Å². The number of aromatic amines is 1. The molecule has 4 rings (SSSR count). The molecule has 2 aliphatic rings. The predicted molar refractivity (Wildman–Crippen MR) is 104 cm³/mol. The molecule has 2 N–H and O–H groups in total. The van der Waals surface area contributed by atoms with Crippen LogP contribution in [0.5, 0.6) is 0 Å². The molecule has 170 valence electrons. The first-order valence-electron chi connectivity index (χ1n) is 9.97. The molecule has 0 spiro atoms. The number of rotatable bonds is 4. The quantitative estimate of drug-likeness (QED) is 0.637. The van der Waals surface area contributed by atoms with Gasteiger partial charge in [-0.3, -0.25) is 9.59 Å². The van der Waals surface area contributed by atoms with Crippen LogP contribution in [-0.4, -0.2) is 16.9 Å². The van der Waals surface area contributed by atoms with Crippen molar-refractivity contribution < 1.29 is 31.1 Å². The molecule has 0 bridgehead atoms. The van der Waals surface area contributed by atoms with Gasteiger partial charge in [-0.1, -0.05) is 18.2 Å². The second kappa shape index (κ2) is 7.83. The van der Waals surface area contributed by atoms with Gasteiger partial charge in [-0.2, -0.15) is 26.3 Å². The standard InChI is InChI=1S/C22H18F6N2O2/c23-21(24,25)12-3-5-15(17(9-12)22(26,27)28)16(10-13-4-8-19(31)29-13)18-7-6-14(11-1-2-11)20(32)30-18/h3,5-7,9-11,13H,1-2,4,8H2,(H,29,31)(H,30,32)/b16-10-/t13-/m1/s1. The Hall–Kier alpha value is -3.04. The molecular weight excluding hydrogens is 438 g/mol. The lowest BCUT2D eigenvalue weighted by molar-refractivity contribution is -0.143. The van der Waals surface area contributed by atoms with Crippen LogP contribution in [0.25, 0.3) is 5.57 Å². The maximum Gasteiger partial charge on any atom is 0.417 e. The number of amides is 1. The number of benzene rings is 1. The summed E-state index contributed by atoms with van der Waals surface area (Å²) in [5.74, 6) is -0.183. The predicted octanol–water partition coefficient (Wildman–Crippen LogP) is 5.00. The molecule has 1 saturated heterocycles. The highest BCUT2D eigenvalue weighted by Gasteiger charge is 2.39. The molecular formula is C22H18F6N2O2. The van der Waals surface area contributed by atoms with Crippen LogP contribution in [0.3, 0.4) is 0 Å². The number of pyridine rings is 1. The molecule has 1 aliphatic carbocycles. The van der Waals surface area contributed by atoms with Crippen LogP contribution in [0.4, 0.5) is 26.3 Å².